The van der Waals surface area contributed by atoms with Crippen molar-refractivity contribution in [2.45, 2.75) is 57.4 Å². The van der Waals surface area contributed by atoms with Gasteiger partial charge in [0.15, 0.2) is 0 Å². The van der Waals surface area contributed by atoms with E-state index in [4.69, 9.17) is 5.26 Å². The van der Waals surface area contributed by atoms with Crippen molar-refractivity contribution in [1.82, 2.24) is 10.2 Å². The first-order chi connectivity index (χ1) is 16.7. The number of carbonyl (C=O) groups is 1. The van der Waals surface area contributed by atoms with Crippen molar-refractivity contribution < 1.29 is 4.79 Å². The number of carbonyl (C=O) groups excluding carboxylic acids is 1. The topological polar surface area (TPSA) is 56.1 Å². The van der Waals surface area contributed by atoms with Gasteiger partial charge >= 0.3 is 0 Å². The highest BCUT2D eigenvalue weighted by Crippen LogP contribution is 2.29. The molecule has 0 spiro atoms. The molecule has 0 saturated heterocycles. The number of nitrogens with zero attached hydrogens (tertiary/aromatic N) is 2. The van der Waals surface area contributed by atoms with Gasteiger partial charge in [0.1, 0.15) is 0 Å². The molecule has 2 aliphatic rings. The van der Waals surface area contributed by atoms with E-state index in [1.165, 1.54) is 40.5 Å². The Kier molecular flexibility index (Phi) is 7.27. The van der Waals surface area contributed by atoms with Crippen molar-refractivity contribution >= 4 is 27.3 Å². The van der Waals surface area contributed by atoms with Crippen molar-refractivity contribution in [2.75, 3.05) is 19.6 Å². The van der Waals surface area contributed by atoms with Gasteiger partial charge in [0, 0.05) is 28.7 Å². The van der Waals surface area contributed by atoms with Gasteiger partial charge in [-0.1, -0.05) is 24.3 Å². The van der Waals surface area contributed by atoms with Crippen molar-refractivity contribution in [3.63, 3.8) is 0 Å². The zero-order valence-corrected chi connectivity index (χ0v) is 20.6. The van der Waals surface area contributed by atoms with E-state index in [-0.39, 0.29) is 5.91 Å². The van der Waals surface area contributed by atoms with Crippen molar-refractivity contribution in [2.24, 2.45) is 5.92 Å². The quantitative estimate of drug-likeness (QED) is 0.518. The number of amides is 1. The minimum Gasteiger partial charge on any atom is -0.353 e. The minimum absolute atomic E-state index is 0.165. The van der Waals surface area contributed by atoms with Crippen LogP contribution in [0.2, 0.25) is 0 Å². The van der Waals surface area contributed by atoms with Crippen LogP contribution in [0.4, 0.5) is 0 Å². The molecule has 5 heteroatoms. The lowest BCUT2D eigenvalue weighted by Crippen LogP contribution is -2.38. The average molecular weight is 472 g/mol. The highest BCUT2D eigenvalue weighted by molar-refractivity contribution is 7.19. The standard InChI is InChI=1S/C29H33N3OS/c30-20-22-5-8-23-12-15-32(16-13-24(23)17-22)14-11-21-6-9-26(10-7-21)31-29(33)19-27-18-25-3-1-2-4-28(25)34-27/h1-5,8,17-18,21,26H,6-7,9-16,19H2,(H,31,33). The fourth-order valence-corrected chi connectivity index (χ4v) is 6.65. The average Bonchev–Trinajstić information content (AvgIpc) is 3.15. The lowest BCUT2D eigenvalue weighted by atomic mass is 9.84. The second-order valence-corrected chi connectivity index (χ2v) is 11.1. The van der Waals surface area contributed by atoms with Gasteiger partial charge in [-0.15, -0.1) is 11.3 Å². The fraction of sp³-hybridized carbons (Fsp3) is 0.448. The van der Waals surface area contributed by atoms with Crippen molar-refractivity contribution in [3.8, 4) is 6.07 Å². The van der Waals surface area contributed by atoms with Crippen LogP contribution in [0.3, 0.4) is 0 Å². The Morgan fingerprint density at radius 1 is 1.03 bits per heavy atom. The number of benzene rings is 2. The molecule has 0 bridgehead atoms. The third-order valence-corrected chi connectivity index (χ3v) is 8.72. The highest BCUT2D eigenvalue weighted by Gasteiger charge is 2.23. The van der Waals surface area contributed by atoms with E-state index >= 15 is 0 Å². The van der Waals surface area contributed by atoms with Gasteiger partial charge < -0.3 is 10.2 Å². The molecule has 1 aromatic heterocycles. The van der Waals surface area contributed by atoms with Gasteiger partial charge in [-0.05, 0) is 98.2 Å². The molecule has 3 aromatic rings. The van der Waals surface area contributed by atoms with Gasteiger partial charge in [-0.3, -0.25) is 4.79 Å². The Labute approximate surface area is 206 Å². The lowest BCUT2D eigenvalue weighted by molar-refractivity contribution is -0.121. The van der Waals surface area contributed by atoms with E-state index in [9.17, 15) is 4.79 Å². The van der Waals surface area contributed by atoms with E-state index in [2.05, 4.69) is 58.8 Å². The first-order valence-electron chi connectivity index (χ1n) is 12.7. The van der Waals surface area contributed by atoms with Crippen molar-refractivity contribution in [3.05, 3.63) is 70.1 Å². The second kappa shape index (κ2) is 10.7. The maximum atomic E-state index is 12.6. The number of rotatable bonds is 6. The summed E-state index contributed by atoms with van der Waals surface area (Å²) in [6.45, 7) is 3.36. The number of fused-ring (bicyclic) bond motifs is 2. The summed E-state index contributed by atoms with van der Waals surface area (Å²) in [6.07, 6.45) is 8.51. The Hall–Kier alpha value is -2.68. The molecule has 34 heavy (non-hydrogen) atoms. The molecule has 4 nitrogen and oxygen atoms in total. The van der Waals surface area contributed by atoms with Crippen molar-refractivity contribution in [1.29, 1.82) is 5.26 Å². The summed E-state index contributed by atoms with van der Waals surface area (Å²) in [5, 5.41) is 13.7. The molecule has 1 amide bonds. The first kappa shape index (κ1) is 23.1. The van der Waals surface area contributed by atoms with Crippen LogP contribution in [0.5, 0.6) is 0 Å². The van der Waals surface area contributed by atoms with Crippen LogP contribution in [0.15, 0.2) is 48.5 Å². The van der Waals surface area contributed by atoms with E-state index < -0.39 is 0 Å². The van der Waals surface area contributed by atoms with Crippen LogP contribution in [-0.4, -0.2) is 36.5 Å². The van der Waals surface area contributed by atoms with Gasteiger partial charge in [0.2, 0.25) is 5.91 Å². The van der Waals surface area contributed by atoms with Gasteiger partial charge in [-0.25, -0.2) is 0 Å². The molecule has 176 valence electrons. The monoisotopic (exact) mass is 471 g/mol. The number of hydrogen-bond donors (Lipinski definition) is 1. The predicted molar refractivity (Wildman–Crippen MR) is 139 cm³/mol. The Morgan fingerprint density at radius 2 is 1.82 bits per heavy atom. The summed E-state index contributed by atoms with van der Waals surface area (Å²) in [7, 11) is 0. The fourth-order valence-electron chi connectivity index (χ4n) is 5.59. The molecule has 1 saturated carbocycles. The molecule has 1 N–H and O–H groups in total. The largest absolute Gasteiger partial charge is 0.353 e. The maximum Gasteiger partial charge on any atom is 0.225 e. The third-order valence-electron chi connectivity index (χ3n) is 7.61. The third kappa shape index (κ3) is 5.68. The van der Waals surface area contributed by atoms with Crippen LogP contribution in [-0.2, 0) is 24.1 Å². The van der Waals surface area contributed by atoms with E-state index in [0.29, 0.717) is 12.5 Å². The van der Waals surface area contributed by atoms with Gasteiger partial charge in [-0.2, -0.15) is 5.26 Å². The van der Waals surface area contributed by atoms with E-state index in [0.717, 1.165) is 61.7 Å². The molecule has 1 aliphatic heterocycles. The number of nitrogens with one attached hydrogen (secondary N) is 1. The number of thiophene rings is 1. The maximum absolute atomic E-state index is 12.6. The normalized spacial score (nSPS) is 20.9. The molecule has 2 aromatic carbocycles. The summed E-state index contributed by atoms with van der Waals surface area (Å²) < 4.78 is 1.26. The first-order valence-corrected chi connectivity index (χ1v) is 13.5. The summed E-state index contributed by atoms with van der Waals surface area (Å²) in [5.41, 5.74) is 3.54. The lowest BCUT2D eigenvalue weighted by Gasteiger charge is -2.30. The summed E-state index contributed by atoms with van der Waals surface area (Å²) in [5.74, 6) is 0.935. The summed E-state index contributed by atoms with van der Waals surface area (Å²) in [4.78, 5) is 16.4. The van der Waals surface area contributed by atoms with Crippen LogP contribution in [0.25, 0.3) is 10.1 Å². The van der Waals surface area contributed by atoms with Gasteiger partial charge in [0.05, 0.1) is 18.1 Å². The zero-order chi connectivity index (χ0) is 23.3. The van der Waals surface area contributed by atoms with E-state index in [1.54, 1.807) is 11.3 Å². The SMILES string of the molecule is N#Cc1ccc2c(c1)CCN(CCC1CCC(NC(=O)Cc3cc4ccccc4s3)CC1)CC2. The molecule has 2 heterocycles. The molecular weight excluding hydrogens is 438 g/mol. The molecule has 5 rings (SSSR count). The van der Waals surface area contributed by atoms with Gasteiger partial charge in [0.25, 0.3) is 0 Å². The predicted octanol–water partition coefficient (Wildman–Crippen LogP) is 5.48. The number of nitriles is 1. The van der Waals surface area contributed by atoms with Crippen LogP contribution >= 0.6 is 11.3 Å². The van der Waals surface area contributed by atoms with Crippen LogP contribution in [0.1, 0.15) is 53.7 Å². The summed E-state index contributed by atoms with van der Waals surface area (Å²) >= 11 is 1.73. The minimum atomic E-state index is 0.165. The van der Waals surface area contributed by atoms with Crippen LogP contribution < -0.4 is 5.32 Å². The van der Waals surface area contributed by atoms with E-state index in [1.807, 2.05) is 6.07 Å². The molecule has 0 unspecified atom stereocenters. The Balaban J connectivity index is 1.03. The van der Waals surface area contributed by atoms with Crippen LogP contribution in [0, 0.1) is 17.2 Å². The summed E-state index contributed by atoms with van der Waals surface area (Å²) in [6, 6.07) is 19.3. The number of hydrogen-bond acceptors (Lipinski definition) is 4. The smallest absolute Gasteiger partial charge is 0.225 e. The molecule has 0 atom stereocenters. The Bertz CT molecular complexity index is 1150. The molecule has 1 fully saturated rings. The highest BCUT2D eigenvalue weighted by atomic mass is 32.1. The zero-order valence-electron chi connectivity index (χ0n) is 19.8. The molecule has 1 aliphatic carbocycles. The molecular formula is C29H33N3OS. The molecule has 0 radical (unpaired) electrons. The second-order valence-electron chi connectivity index (χ2n) is 9.94. The Morgan fingerprint density at radius 3 is 2.62 bits per heavy atom.